The van der Waals surface area contributed by atoms with Gasteiger partial charge in [0.05, 0.1) is 12.2 Å². The third kappa shape index (κ3) is 7.50. The molecule has 0 bridgehead atoms. The summed E-state index contributed by atoms with van der Waals surface area (Å²) in [5.41, 5.74) is 2.14. The highest BCUT2D eigenvalue weighted by molar-refractivity contribution is 5.97. The minimum Gasteiger partial charge on any atom is -0.507 e. The third-order valence-electron chi connectivity index (χ3n) is 4.88. The fourth-order valence-electron chi connectivity index (χ4n) is 3.26. The molecule has 0 aliphatic heterocycles. The largest absolute Gasteiger partial charge is 0.507 e. The molecule has 162 valence electrons. The maximum atomic E-state index is 11.9. The molecule has 2 rings (SSSR count). The number of Topliss-reactive ketones (excluding diaryl/α,β-unsaturated/α-hetero) is 1. The van der Waals surface area contributed by atoms with Crippen LogP contribution < -0.4 is 10.1 Å². The summed E-state index contributed by atoms with van der Waals surface area (Å²) in [5.74, 6) is 0.571. The molecule has 0 unspecified atom stereocenters. The van der Waals surface area contributed by atoms with Crippen molar-refractivity contribution >= 4 is 11.7 Å². The number of phenolic OH excluding ortho intramolecular Hbond substituents is 1. The zero-order valence-electron chi connectivity index (χ0n) is 17.9. The summed E-state index contributed by atoms with van der Waals surface area (Å²) in [6.07, 6.45) is 8.85. The van der Waals surface area contributed by atoms with Gasteiger partial charge in [-0.3, -0.25) is 14.6 Å². The number of aromatic hydroxyl groups is 1. The summed E-state index contributed by atoms with van der Waals surface area (Å²) in [7, 11) is 0. The van der Waals surface area contributed by atoms with E-state index in [9.17, 15) is 14.7 Å². The maximum Gasteiger partial charge on any atom is 0.220 e. The van der Waals surface area contributed by atoms with Crippen LogP contribution in [0.2, 0.25) is 0 Å². The van der Waals surface area contributed by atoms with Crippen LogP contribution in [0.1, 0.15) is 67.4 Å². The van der Waals surface area contributed by atoms with E-state index >= 15 is 0 Å². The van der Waals surface area contributed by atoms with Gasteiger partial charge in [0, 0.05) is 30.9 Å². The van der Waals surface area contributed by atoms with Crippen molar-refractivity contribution in [3.8, 4) is 11.5 Å². The number of rotatable bonds is 13. The highest BCUT2D eigenvalue weighted by Crippen LogP contribution is 2.33. The van der Waals surface area contributed by atoms with Crippen LogP contribution in [0, 0.1) is 0 Å². The Kier molecular flexibility index (Phi) is 9.84. The van der Waals surface area contributed by atoms with E-state index in [0.717, 1.165) is 37.7 Å². The van der Waals surface area contributed by atoms with E-state index in [2.05, 4.69) is 10.3 Å². The van der Waals surface area contributed by atoms with Crippen LogP contribution in [0.5, 0.6) is 11.5 Å². The Balaban J connectivity index is 1.66. The van der Waals surface area contributed by atoms with Crippen LogP contribution in [0.3, 0.4) is 0 Å². The molecule has 6 nitrogen and oxygen atoms in total. The van der Waals surface area contributed by atoms with Crippen molar-refractivity contribution in [2.45, 2.75) is 58.8 Å². The second-order valence-electron chi connectivity index (χ2n) is 7.36. The van der Waals surface area contributed by atoms with Crippen molar-refractivity contribution in [2.75, 3.05) is 13.2 Å². The number of pyridine rings is 1. The Hall–Kier alpha value is -2.89. The first-order chi connectivity index (χ1) is 14.5. The van der Waals surface area contributed by atoms with E-state index in [1.807, 2.05) is 25.3 Å². The van der Waals surface area contributed by atoms with E-state index in [1.165, 1.54) is 6.92 Å². The van der Waals surface area contributed by atoms with Gasteiger partial charge in [0.25, 0.3) is 0 Å². The summed E-state index contributed by atoms with van der Waals surface area (Å²) in [6, 6.07) is 7.26. The highest BCUT2D eigenvalue weighted by atomic mass is 16.5. The number of benzene rings is 1. The number of nitrogens with one attached hydrogen (secondary N) is 1. The number of amides is 1. The van der Waals surface area contributed by atoms with Gasteiger partial charge in [0.1, 0.15) is 11.5 Å². The van der Waals surface area contributed by atoms with E-state index in [-0.39, 0.29) is 17.4 Å². The second kappa shape index (κ2) is 12.6. The third-order valence-corrected chi connectivity index (χ3v) is 4.88. The van der Waals surface area contributed by atoms with Gasteiger partial charge in [-0.1, -0.05) is 19.4 Å². The van der Waals surface area contributed by atoms with Crippen molar-refractivity contribution in [3.63, 3.8) is 0 Å². The maximum absolute atomic E-state index is 11.9. The molecular formula is C24H32N2O4. The van der Waals surface area contributed by atoms with Crippen LogP contribution in [0.15, 0.2) is 36.7 Å². The van der Waals surface area contributed by atoms with Crippen molar-refractivity contribution in [2.24, 2.45) is 0 Å². The smallest absolute Gasteiger partial charge is 0.220 e. The first kappa shape index (κ1) is 23.4. The molecule has 2 N–H and O–H groups in total. The summed E-state index contributed by atoms with van der Waals surface area (Å²) in [4.78, 5) is 27.6. The van der Waals surface area contributed by atoms with Crippen LogP contribution in [0.25, 0.3) is 0 Å². The predicted molar refractivity (Wildman–Crippen MR) is 117 cm³/mol. The normalized spacial score (nSPS) is 10.6. The molecule has 0 aliphatic carbocycles. The zero-order chi connectivity index (χ0) is 21.8. The number of nitrogens with zero attached hydrogens (tertiary/aromatic N) is 1. The minimum absolute atomic E-state index is 0.0322. The Morgan fingerprint density at radius 1 is 1.13 bits per heavy atom. The molecule has 0 spiro atoms. The van der Waals surface area contributed by atoms with Crippen LogP contribution in [-0.4, -0.2) is 34.9 Å². The van der Waals surface area contributed by atoms with Gasteiger partial charge < -0.3 is 15.2 Å². The lowest BCUT2D eigenvalue weighted by Gasteiger charge is -2.14. The van der Waals surface area contributed by atoms with Crippen LogP contribution in [-0.2, 0) is 17.6 Å². The van der Waals surface area contributed by atoms with Gasteiger partial charge in [0.2, 0.25) is 5.91 Å². The Morgan fingerprint density at radius 2 is 1.97 bits per heavy atom. The average Bonchev–Trinajstić information content (AvgIpc) is 2.73. The molecule has 6 heteroatoms. The Labute approximate surface area is 178 Å². The lowest BCUT2D eigenvalue weighted by atomic mass is 10.0. The number of phenols is 1. The standard InChI is InChI=1S/C24H32N2O4/c1-3-8-21-22(12-11-20(18(2)27)24(21)29)30-16-6-4-5-10-23(28)26-15-13-19-9-7-14-25-17-19/h7,9,11-12,14,17,29H,3-6,8,10,13,15-16H2,1-2H3,(H,26,28). The molecule has 0 saturated heterocycles. The Bertz CT molecular complexity index is 821. The van der Waals surface area contributed by atoms with Crippen molar-refractivity contribution in [1.82, 2.24) is 10.3 Å². The number of unbranched alkanes of at least 4 members (excludes halogenated alkanes) is 2. The quantitative estimate of drug-likeness (QED) is 0.379. The lowest BCUT2D eigenvalue weighted by molar-refractivity contribution is -0.121. The van der Waals surface area contributed by atoms with Gasteiger partial charge in [0.15, 0.2) is 5.78 Å². The monoisotopic (exact) mass is 412 g/mol. The SMILES string of the molecule is CCCc1c(OCCCCCC(=O)NCCc2cccnc2)ccc(C(C)=O)c1O. The molecule has 1 aromatic heterocycles. The summed E-state index contributed by atoms with van der Waals surface area (Å²) < 4.78 is 5.85. The van der Waals surface area contributed by atoms with E-state index in [4.69, 9.17) is 4.74 Å². The van der Waals surface area contributed by atoms with E-state index in [0.29, 0.717) is 42.9 Å². The number of ketones is 1. The molecule has 0 atom stereocenters. The summed E-state index contributed by atoms with van der Waals surface area (Å²) >= 11 is 0. The number of aromatic nitrogens is 1. The van der Waals surface area contributed by atoms with Gasteiger partial charge >= 0.3 is 0 Å². The van der Waals surface area contributed by atoms with Crippen molar-refractivity contribution < 1.29 is 19.4 Å². The molecule has 30 heavy (non-hydrogen) atoms. The number of hydrogen-bond acceptors (Lipinski definition) is 5. The Morgan fingerprint density at radius 3 is 2.67 bits per heavy atom. The molecule has 1 heterocycles. The van der Waals surface area contributed by atoms with Crippen molar-refractivity contribution in [1.29, 1.82) is 0 Å². The first-order valence-electron chi connectivity index (χ1n) is 10.7. The topological polar surface area (TPSA) is 88.5 Å². The molecule has 0 aliphatic rings. The average molecular weight is 413 g/mol. The van der Waals surface area contributed by atoms with Crippen LogP contribution >= 0.6 is 0 Å². The summed E-state index contributed by atoms with van der Waals surface area (Å²) in [5, 5.41) is 13.3. The fourth-order valence-corrected chi connectivity index (χ4v) is 3.26. The fraction of sp³-hybridized carbons (Fsp3) is 0.458. The molecular weight excluding hydrogens is 380 g/mol. The van der Waals surface area contributed by atoms with Crippen molar-refractivity contribution in [3.05, 3.63) is 53.3 Å². The van der Waals surface area contributed by atoms with E-state index in [1.54, 1.807) is 18.3 Å². The zero-order valence-corrected chi connectivity index (χ0v) is 17.9. The molecule has 0 radical (unpaired) electrons. The summed E-state index contributed by atoms with van der Waals surface area (Å²) in [6.45, 7) is 4.59. The van der Waals surface area contributed by atoms with E-state index < -0.39 is 0 Å². The van der Waals surface area contributed by atoms with Crippen LogP contribution in [0.4, 0.5) is 0 Å². The lowest BCUT2D eigenvalue weighted by Crippen LogP contribution is -2.25. The number of carbonyl (C=O) groups excluding carboxylic acids is 2. The molecule has 1 amide bonds. The molecule has 1 aromatic carbocycles. The number of carbonyl (C=O) groups is 2. The van der Waals surface area contributed by atoms with Gasteiger partial charge in [-0.2, -0.15) is 0 Å². The van der Waals surface area contributed by atoms with Gasteiger partial charge in [-0.05, 0) is 62.8 Å². The number of hydrogen-bond donors (Lipinski definition) is 2. The second-order valence-corrected chi connectivity index (χ2v) is 7.36. The number of ether oxygens (including phenoxy) is 1. The molecule has 2 aromatic rings. The van der Waals surface area contributed by atoms with Gasteiger partial charge in [-0.25, -0.2) is 0 Å². The van der Waals surface area contributed by atoms with Gasteiger partial charge in [-0.15, -0.1) is 0 Å². The first-order valence-corrected chi connectivity index (χ1v) is 10.7. The highest BCUT2D eigenvalue weighted by Gasteiger charge is 2.15. The minimum atomic E-state index is -0.157. The predicted octanol–water partition coefficient (Wildman–Crippen LogP) is 4.24. The molecule has 0 saturated carbocycles. The molecule has 0 fully saturated rings.